The lowest BCUT2D eigenvalue weighted by Gasteiger charge is -2.08. The second kappa shape index (κ2) is 56.4. The van der Waals surface area contributed by atoms with Crippen molar-refractivity contribution < 1.29 is 57.4 Å². The van der Waals surface area contributed by atoms with Crippen LogP contribution in [0.5, 0.6) is 0 Å². The Balaban J connectivity index is -0.0000000696. The minimum Gasteiger partial charge on any atom is -0.462 e. The largest absolute Gasteiger partial charge is 0.462 e. The fourth-order valence-electron chi connectivity index (χ4n) is 4.62. The molecule has 7 N–H and O–H groups in total. The number of esters is 3. The van der Waals surface area contributed by atoms with E-state index in [2.05, 4.69) is 21.3 Å². The van der Waals surface area contributed by atoms with Crippen molar-refractivity contribution in [1.82, 2.24) is 5.32 Å². The van der Waals surface area contributed by atoms with E-state index >= 15 is 0 Å². The highest BCUT2D eigenvalue weighted by atomic mass is 35.5. The maximum atomic E-state index is 11.5. The summed E-state index contributed by atoms with van der Waals surface area (Å²) >= 11 is 10.7. The van der Waals surface area contributed by atoms with E-state index in [1.54, 1.807) is 120 Å². The molecule has 0 unspecified atom stereocenters. The number of para-hydroxylation sites is 1. The van der Waals surface area contributed by atoms with Gasteiger partial charge in [-0.05, 0) is 93.6 Å². The van der Waals surface area contributed by atoms with Gasteiger partial charge in [0.05, 0.1) is 42.2 Å². The number of ether oxygens (including phenoxy) is 3. The number of amides is 7. The molecule has 77 heavy (non-hydrogen) atoms. The molecule has 0 saturated carbocycles. The molecule has 0 heterocycles. The first-order valence-corrected chi connectivity index (χ1v) is 20.9. The second-order valence-corrected chi connectivity index (χ2v) is 13.0. The molecule has 4 rings (SSSR count). The third kappa shape index (κ3) is 40.7. The highest BCUT2D eigenvalue weighted by Gasteiger charge is 2.14. The molecule has 0 bridgehead atoms. The van der Waals surface area contributed by atoms with Gasteiger partial charge in [-0.3, -0.25) is 29.3 Å². The van der Waals surface area contributed by atoms with E-state index in [9.17, 15) is 43.2 Å². The van der Waals surface area contributed by atoms with E-state index in [0.29, 0.717) is 65.5 Å². The van der Waals surface area contributed by atoms with E-state index in [0.717, 1.165) is 0 Å². The van der Waals surface area contributed by atoms with Crippen molar-refractivity contribution in [2.45, 2.75) is 137 Å². The van der Waals surface area contributed by atoms with Gasteiger partial charge in [-0.1, -0.05) is 127 Å². The van der Waals surface area contributed by atoms with E-state index in [4.69, 9.17) is 43.1 Å². The van der Waals surface area contributed by atoms with Crippen LogP contribution in [0.3, 0.4) is 0 Å². The predicted molar refractivity (Wildman–Crippen MR) is 328 cm³/mol. The Bertz CT molecular complexity index is 2240. The number of urea groups is 1. The number of rotatable bonds is 15. The normalized spacial score (nSPS) is 8.09. The van der Waals surface area contributed by atoms with Gasteiger partial charge >= 0.3 is 23.9 Å². The van der Waals surface area contributed by atoms with Crippen molar-refractivity contribution >= 4 is 99.4 Å². The molecule has 0 radical (unpaired) electrons. The Morgan fingerprint density at radius 1 is 0.416 bits per heavy atom. The zero-order valence-corrected chi connectivity index (χ0v) is 37.9. The molecule has 0 spiro atoms. The number of hydrogen-bond donors (Lipinski definition) is 6. The van der Waals surface area contributed by atoms with Crippen LogP contribution < -0.4 is 32.3 Å². The lowest BCUT2D eigenvalue weighted by Crippen LogP contribution is -2.34. The molecule has 0 aliphatic heterocycles. The van der Waals surface area contributed by atoms with Crippen LogP contribution in [0.2, 0.25) is 0 Å². The van der Waals surface area contributed by atoms with Gasteiger partial charge in [0.25, 0.3) is 5.91 Å². The highest BCUT2D eigenvalue weighted by Crippen LogP contribution is 2.17. The summed E-state index contributed by atoms with van der Waals surface area (Å²) < 4.78 is 14.5. The Kier molecular flexibility index (Phi) is 72.4. The summed E-state index contributed by atoms with van der Waals surface area (Å²) in [6.07, 6.45) is 0.751. The second-order valence-electron chi connectivity index (χ2n) is 12.4. The maximum Gasteiger partial charge on any atom is 0.340 e. The summed E-state index contributed by atoms with van der Waals surface area (Å²) in [5.74, 6) is -2.97. The van der Waals surface area contributed by atoms with Gasteiger partial charge in [0.1, 0.15) is 11.8 Å². The Morgan fingerprint density at radius 2 is 0.792 bits per heavy atom. The zero-order chi connectivity index (χ0) is 48.7. The monoisotopic (exact) mass is 1130 g/mol. The first kappa shape index (κ1) is 98.8. The number of nitrogens with one attached hydrogen (secondary N) is 5. The van der Waals surface area contributed by atoms with Crippen LogP contribution in [0.25, 0.3) is 0 Å². The number of imide groups is 1. The van der Waals surface area contributed by atoms with Crippen molar-refractivity contribution in [3.05, 3.63) is 119 Å². The van der Waals surface area contributed by atoms with Crippen molar-refractivity contribution in [3.63, 3.8) is 0 Å². The summed E-state index contributed by atoms with van der Waals surface area (Å²) in [7, 11) is 0. The van der Waals surface area contributed by atoms with Crippen molar-refractivity contribution in [1.29, 1.82) is 0 Å². The molecule has 4 aromatic carbocycles. The molecule has 20 heteroatoms. The maximum absolute atomic E-state index is 11.5. The summed E-state index contributed by atoms with van der Waals surface area (Å²) in [6, 6.07) is 25.0. The predicted octanol–water partition coefficient (Wildman–Crippen LogP) is 14.8. The molecule has 444 valence electrons. The van der Waals surface area contributed by atoms with Crippen LogP contribution in [0.4, 0.5) is 27.5 Å². The highest BCUT2D eigenvalue weighted by molar-refractivity contribution is 6.29. The molecule has 0 aliphatic rings. The standard InChI is InChI=1S/C12H15NO3.2C11H12ClNO3.C11H13N3O3.12CH4/c1-3-11(14)13-10-7-5-6-9(8-10)12(15)16-4-2;1-2-16-11(15)8-3-5-9(6-4-8)13-10(14)7-12;1-2-16-11(15)8-5-3-4-6-9(8)13-10(14)7-12;1-2-9(15)13-8-5-3-4-7(6-8)10(16)14-11(12)17;;;;;;;;;;;;/h5-8H,3-4H2,1-2H3,(H,13,14);2*3-6H,2,7H2,1H3,(H,13,14);3-6H,2H2,1H3,(H,13,15)(H3,12,14,16,17);12*1H4. The average Bonchev–Trinajstić information content (AvgIpc) is 3.30. The van der Waals surface area contributed by atoms with Gasteiger partial charge in [-0.2, -0.15) is 0 Å². The summed E-state index contributed by atoms with van der Waals surface area (Å²) in [5, 5.41) is 12.3. The number of carbonyl (C=O) groups is 9. The van der Waals surface area contributed by atoms with Gasteiger partial charge in [0.2, 0.25) is 23.6 Å². The fourth-order valence-corrected chi connectivity index (χ4v) is 4.75. The summed E-state index contributed by atoms with van der Waals surface area (Å²) in [6.45, 7) is 9.67. The number of nitrogens with two attached hydrogens (primary N) is 1. The van der Waals surface area contributed by atoms with E-state index in [1.807, 2.05) is 5.32 Å². The number of carbonyl (C=O) groups excluding carboxylic acids is 9. The fraction of sp³-hybridized carbons (Fsp3) is 0.421. The van der Waals surface area contributed by atoms with Gasteiger partial charge in [-0.15, -0.1) is 23.2 Å². The third-order valence-corrected chi connectivity index (χ3v) is 8.05. The number of alkyl halides is 2. The summed E-state index contributed by atoms with van der Waals surface area (Å²) in [4.78, 5) is 101. The van der Waals surface area contributed by atoms with E-state index in [-0.39, 0.29) is 149 Å². The number of benzene rings is 4. The molecule has 0 aromatic heterocycles. The number of primary amides is 1. The van der Waals surface area contributed by atoms with Gasteiger partial charge in [0, 0.05) is 35.5 Å². The van der Waals surface area contributed by atoms with Gasteiger partial charge < -0.3 is 41.2 Å². The van der Waals surface area contributed by atoms with Crippen LogP contribution in [-0.2, 0) is 33.4 Å². The lowest BCUT2D eigenvalue weighted by atomic mass is 10.2. The molecular formula is C57H100Cl2N6O12. The van der Waals surface area contributed by atoms with E-state index < -0.39 is 17.9 Å². The summed E-state index contributed by atoms with van der Waals surface area (Å²) in [5.41, 5.74) is 8.40. The van der Waals surface area contributed by atoms with Gasteiger partial charge in [0.15, 0.2) is 0 Å². The molecule has 7 amide bonds. The topological polar surface area (TPSA) is 267 Å². The molecule has 0 fully saturated rings. The third-order valence-electron chi connectivity index (χ3n) is 7.56. The van der Waals surface area contributed by atoms with E-state index in [1.165, 1.54) is 12.1 Å². The molecule has 0 atom stereocenters. The van der Waals surface area contributed by atoms with Crippen LogP contribution in [-0.4, -0.2) is 85.1 Å². The molecular weight excluding hydrogens is 1030 g/mol. The zero-order valence-electron chi connectivity index (χ0n) is 36.4. The van der Waals surface area contributed by atoms with Crippen LogP contribution in [0, 0.1) is 0 Å². The Morgan fingerprint density at radius 3 is 1.21 bits per heavy atom. The minimum atomic E-state index is -0.919. The van der Waals surface area contributed by atoms with Crippen LogP contribution in [0.1, 0.15) is 178 Å². The molecule has 0 aliphatic carbocycles. The number of hydrogen-bond acceptors (Lipinski definition) is 12. The van der Waals surface area contributed by atoms with Crippen molar-refractivity contribution in [2.24, 2.45) is 5.73 Å². The number of anilines is 4. The first-order valence-electron chi connectivity index (χ1n) is 19.9. The van der Waals surface area contributed by atoms with Crippen LogP contribution >= 0.6 is 23.2 Å². The Hall–Kier alpha value is -7.31. The Labute approximate surface area is 474 Å². The molecule has 18 nitrogen and oxygen atoms in total. The lowest BCUT2D eigenvalue weighted by molar-refractivity contribution is -0.116. The minimum absolute atomic E-state index is 0. The smallest absolute Gasteiger partial charge is 0.340 e. The molecule has 4 aromatic rings. The van der Waals surface area contributed by atoms with Gasteiger partial charge in [-0.25, -0.2) is 19.2 Å². The quantitative estimate of drug-likeness (QED) is 0.0369. The molecule has 0 saturated heterocycles. The van der Waals surface area contributed by atoms with Crippen molar-refractivity contribution in [2.75, 3.05) is 52.8 Å². The number of halogens is 2. The first-order chi connectivity index (χ1) is 31.0. The van der Waals surface area contributed by atoms with Crippen LogP contribution in [0.15, 0.2) is 97.1 Å². The van der Waals surface area contributed by atoms with Crippen molar-refractivity contribution in [3.8, 4) is 0 Å². The SMILES string of the molecule is C.C.C.C.C.C.C.C.C.C.C.C.CCC(=O)Nc1cccc(C(=O)NC(N)=O)c1.CCOC(=O)c1ccc(NC(=O)CCl)cc1.CCOC(=O)c1cccc(NC(=O)CC)c1.CCOC(=O)c1ccccc1NC(=O)CCl. The average molecular weight is 1130 g/mol.